The minimum absolute atomic E-state index is 0.0533. The molecule has 1 atom stereocenters. The van der Waals surface area contributed by atoms with Crippen LogP contribution < -0.4 is 0 Å². The van der Waals surface area contributed by atoms with Crippen LogP contribution in [0.5, 0.6) is 0 Å². The maximum absolute atomic E-state index is 6.45. The van der Waals surface area contributed by atoms with Crippen LogP contribution in [0.4, 0.5) is 0 Å². The molecule has 1 heteroatoms. The first-order valence-corrected chi connectivity index (χ1v) is 6.35. The average Bonchev–Trinajstić information content (AvgIpc) is 2.32. The Kier molecular flexibility index (Phi) is 3.86. The summed E-state index contributed by atoms with van der Waals surface area (Å²) in [6.45, 7) is 4.20. The summed E-state index contributed by atoms with van der Waals surface area (Å²) in [7, 11) is 0. The van der Waals surface area contributed by atoms with Gasteiger partial charge in [0.1, 0.15) is 0 Å². The molecule has 0 radical (unpaired) electrons. The quantitative estimate of drug-likeness (QED) is 0.679. The van der Waals surface area contributed by atoms with Gasteiger partial charge in [0.2, 0.25) is 0 Å². The molecule has 0 aliphatic heterocycles. The largest absolute Gasteiger partial charge is 0.117 e. The number of rotatable bonds is 3. The lowest BCUT2D eigenvalue weighted by Gasteiger charge is -2.11. The number of halogens is 1. The molecular formula is C16H17Cl. The summed E-state index contributed by atoms with van der Waals surface area (Å²) in [6, 6.07) is 17.0. The normalized spacial score (nSPS) is 12.4. The molecule has 0 aromatic heterocycles. The van der Waals surface area contributed by atoms with Gasteiger partial charge in [0.25, 0.3) is 0 Å². The van der Waals surface area contributed by atoms with E-state index in [1.54, 1.807) is 0 Å². The molecule has 0 N–H and O–H groups in total. The Morgan fingerprint density at radius 2 is 1.65 bits per heavy atom. The molecule has 0 spiro atoms. The van der Waals surface area contributed by atoms with Gasteiger partial charge in [0, 0.05) is 0 Å². The van der Waals surface area contributed by atoms with Gasteiger partial charge in [0.05, 0.1) is 5.38 Å². The van der Waals surface area contributed by atoms with E-state index in [1.807, 2.05) is 0 Å². The molecule has 2 aromatic carbocycles. The van der Waals surface area contributed by atoms with Gasteiger partial charge in [-0.3, -0.25) is 0 Å². The zero-order valence-electron chi connectivity index (χ0n) is 10.3. The van der Waals surface area contributed by atoms with Gasteiger partial charge in [0.15, 0.2) is 0 Å². The topological polar surface area (TPSA) is 0 Å². The molecule has 0 heterocycles. The third-order valence-corrected chi connectivity index (χ3v) is 3.35. The van der Waals surface area contributed by atoms with Crippen LogP contribution in [0.1, 0.15) is 27.6 Å². The lowest BCUT2D eigenvalue weighted by molar-refractivity contribution is 0.917. The van der Waals surface area contributed by atoms with Crippen LogP contribution >= 0.6 is 11.6 Å². The van der Waals surface area contributed by atoms with Crippen molar-refractivity contribution < 1.29 is 0 Å². The van der Waals surface area contributed by atoms with Crippen LogP contribution in [0.2, 0.25) is 0 Å². The van der Waals surface area contributed by atoms with Gasteiger partial charge in [-0.2, -0.15) is 0 Å². The molecule has 88 valence electrons. The summed E-state index contributed by atoms with van der Waals surface area (Å²) in [4.78, 5) is 0. The molecule has 2 aromatic rings. The van der Waals surface area contributed by atoms with E-state index < -0.39 is 0 Å². The monoisotopic (exact) mass is 244 g/mol. The highest BCUT2D eigenvalue weighted by molar-refractivity contribution is 6.20. The molecule has 0 saturated carbocycles. The maximum Gasteiger partial charge on any atom is 0.0625 e. The second-order valence-corrected chi connectivity index (χ2v) is 5.10. The van der Waals surface area contributed by atoms with Crippen molar-refractivity contribution in [3.05, 3.63) is 70.8 Å². The van der Waals surface area contributed by atoms with Gasteiger partial charge in [-0.1, -0.05) is 59.7 Å². The molecule has 1 unspecified atom stereocenters. The van der Waals surface area contributed by atoms with Crippen molar-refractivity contribution in [2.24, 2.45) is 0 Å². The molecule has 2 rings (SSSR count). The van der Waals surface area contributed by atoms with Gasteiger partial charge in [-0.25, -0.2) is 0 Å². The number of benzene rings is 2. The second-order valence-electron chi connectivity index (χ2n) is 4.57. The van der Waals surface area contributed by atoms with E-state index in [9.17, 15) is 0 Å². The van der Waals surface area contributed by atoms with Crippen molar-refractivity contribution >= 4 is 11.6 Å². The Morgan fingerprint density at radius 3 is 2.29 bits per heavy atom. The lowest BCUT2D eigenvalue weighted by atomic mass is 10.0. The summed E-state index contributed by atoms with van der Waals surface area (Å²) in [5, 5.41) is 0.0533. The van der Waals surface area contributed by atoms with E-state index in [2.05, 4.69) is 62.4 Å². The minimum Gasteiger partial charge on any atom is -0.117 e. The molecule has 0 nitrogen and oxygen atoms in total. The highest BCUT2D eigenvalue weighted by atomic mass is 35.5. The summed E-state index contributed by atoms with van der Waals surface area (Å²) < 4.78 is 0. The molecule has 0 aliphatic carbocycles. The van der Waals surface area contributed by atoms with Crippen molar-refractivity contribution in [2.45, 2.75) is 25.6 Å². The van der Waals surface area contributed by atoms with E-state index >= 15 is 0 Å². The van der Waals surface area contributed by atoms with Crippen molar-refractivity contribution in [3.8, 4) is 0 Å². The highest BCUT2D eigenvalue weighted by Gasteiger charge is 2.08. The molecule has 0 bridgehead atoms. The zero-order valence-corrected chi connectivity index (χ0v) is 11.0. The first kappa shape index (κ1) is 12.2. The minimum atomic E-state index is 0.0533. The fraction of sp³-hybridized carbons (Fsp3) is 0.250. The van der Waals surface area contributed by atoms with E-state index in [4.69, 9.17) is 11.6 Å². The van der Waals surface area contributed by atoms with Crippen molar-refractivity contribution in [1.29, 1.82) is 0 Å². The van der Waals surface area contributed by atoms with Crippen molar-refractivity contribution in [2.75, 3.05) is 0 Å². The van der Waals surface area contributed by atoms with Crippen LogP contribution in [0.15, 0.2) is 48.5 Å². The number of alkyl halides is 1. The Hall–Kier alpha value is -1.27. The highest BCUT2D eigenvalue weighted by Crippen LogP contribution is 2.25. The van der Waals surface area contributed by atoms with Crippen molar-refractivity contribution in [1.82, 2.24) is 0 Å². The van der Waals surface area contributed by atoms with Crippen LogP contribution in [0.3, 0.4) is 0 Å². The molecule has 0 aliphatic rings. The summed E-state index contributed by atoms with van der Waals surface area (Å²) in [6.07, 6.45) is 0.880. The summed E-state index contributed by atoms with van der Waals surface area (Å²) in [5.41, 5.74) is 5.04. The lowest BCUT2D eigenvalue weighted by Crippen LogP contribution is -1.96. The predicted molar refractivity (Wildman–Crippen MR) is 74.7 cm³/mol. The molecular weight excluding hydrogens is 228 g/mol. The van der Waals surface area contributed by atoms with Crippen LogP contribution in [0, 0.1) is 13.8 Å². The Bertz CT molecular complexity index is 485. The molecule has 0 saturated heterocycles. The Morgan fingerprint density at radius 1 is 0.941 bits per heavy atom. The third-order valence-electron chi connectivity index (χ3n) is 2.94. The Balaban J connectivity index is 2.11. The predicted octanol–water partition coefficient (Wildman–Crippen LogP) is 4.83. The van der Waals surface area contributed by atoms with Gasteiger partial charge in [-0.05, 0) is 31.4 Å². The fourth-order valence-corrected chi connectivity index (χ4v) is 2.23. The van der Waals surface area contributed by atoms with E-state index in [1.165, 1.54) is 22.3 Å². The standard InChI is InChI=1S/C16H17Cl/c1-12-6-8-14(9-7-12)11-16(17)15-5-3-4-13(2)10-15/h3-10,16H,11H2,1-2H3. The Labute approximate surface area is 108 Å². The van der Waals surface area contributed by atoms with Crippen LogP contribution in [-0.4, -0.2) is 0 Å². The molecule has 0 fully saturated rings. The van der Waals surface area contributed by atoms with E-state index in [0.29, 0.717) is 0 Å². The SMILES string of the molecule is Cc1ccc(CC(Cl)c2cccc(C)c2)cc1. The summed E-state index contributed by atoms with van der Waals surface area (Å²) in [5.74, 6) is 0. The number of aryl methyl sites for hydroxylation is 2. The smallest absolute Gasteiger partial charge is 0.0625 e. The molecule has 0 amide bonds. The third kappa shape index (κ3) is 3.34. The first-order chi connectivity index (χ1) is 8.15. The average molecular weight is 245 g/mol. The zero-order chi connectivity index (χ0) is 12.3. The second kappa shape index (κ2) is 5.37. The summed E-state index contributed by atoms with van der Waals surface area (Å²) >= 11 is 6.45. The van der Waals surface area contributed by atoms with E-state index in [0.717, 1.165) is 6.42 Å². The van der Waals surface area contributed by atoms with Crippen LogP contribution in [0.25, 0.3) is 0 Å². The number of hydrogen-bond donors (Lipinski definition) is 0. The van der Waals surface area contributed by atoms with Gasteiger partial charge >= 0.3 is 0 Å². The fourth-order valence-electron chi connectivity index (χ4n) is 1.91. The van der Waals surface area contributed by atoms with Crippen LogP contribution in [-0.2, 0) is 6.42 Å². The first-order valence-electron chi connectivity index (χ1n) is 5.91. The maximum atomic E-state index is 6.45. The van der Waals surface area contributed by atoms with E-state index in [-0.39, 0.29) is 5.38 Å². The molecule has 17 heavy (non-hydrogen) atoms. The van der Waals surface area contributed by atoms with Gasteiger partial charge in [-0.15, -0.1) is 11.6 Å². The number of hydrogen-bond acceptors (Lipinski definition) is 0. The van der Waals surface area contributed by atoms with Crippen molar-refractivity contribution in [3.63, 3.8) is 0 Å². The van der Waals surface area contributed by atoms with Gasteiger partial charge < -0.3 is 0 Å².